The Morgan fingerprint density at radius 3 is 2.18 bits per heavy atom. The van der Waals surface area contributed by atoms with Gasteiger partial charge in [0.05, 0.1) is 0 Å². The number of carboxylic acids is 1. The first-order valence-corrected chi connectivity index (χ1v) is 5.51. The lowest BCUT2D eigenvalue weighted by Gasteiger charge is -2.16. The Kier molecular flexibility index (Phi) is 3.24. The van der Waals surface area contributed by atoms with Crippen LogP contribution in [-0.2, 0) is 14.3 Å². The van der Waals surface area contributed by atoms with Crippen LogP contribution in [0.2, 0.25) is 0 Å². The van der Waals surface area contributed by atoms with E-state index >= 15 is 0 Å². The third kappa shape index (κ3) is 3.23. The highest BCUT2D eigenvalue weighted by Crippen LogP contribution is 2.57. The molecular formula is C13H17O4-. The van der Waals surface area contributed by atoms with Gasteiger partial charge in [0.25, 0.3) is 0 Å². The molecule has 0 aliphatic heterocycles. The van der Waals surface area contributed by atoms with Gasteiger partial charge in [0, 0.05) is 23.7 Å². The molecule has 1 aliphatic rings. The maximum Gasteiger partial charge on any atom is 0.384 e. The number of aliphatic carboxylic acids is 1. The van der Waals surface area contributed by atoms with Crippen LogP contribution in [0.1, 0.15) is 34.6 Å². The third-order valence-electron chi connectivity index (χ3n) is 2.81. The molecule has 1 rings (SSSR count). The summed E-state index contributed by atoms with van der Waals surface area (Å²) in [6.45, 7) is 8.83. The maximum absolute atomic E-state index is 11.3. The van der Waals surface area contributed by atoms with Crippen molar-refractivity contribution in [2.75, 3.05) is 0 Å². The van der Waals surface area contributed by atoms with Gasteiger partial charge in [-0.1, -0.05) is 19.8 Å². The van der Waals surface area contributed by atoms with Crippen LogP contribution in [0.4, 0.5) is 0 Å². The molecular weight excluding hydrogens is 220 g/mol. The first-order valence-electron chi connectivity index (χ1n) is 5.51. The van der Waals surface area contributed by atoms with E-state index in [1.165, 1.54) is 0 Å². The van der Waals surface area contributed by atoms with Crippen molar-refractivity contribution in [3.63, 3.8) is 0 Å². The number of carbonyl (C=O) groups is 2. The second kappa shape index (κ2) is 4.06. The van der Waals surface area contributed by atoms with E-state index in [9.17, 15) is 14.7 Å². The van der Waals surface area contributed by atoms with Crippen molar-refractivity contribution in [2.45, 2.75) is 40.2 Å². The van der Waals surface area contributed by atoms with Crippen molar-refractivity contribution in [1.82, 2.24) is 0 Å². The molecule has 17 heavy (non-hydrogen) atoms. The Hall–Kier alpha value is -1.50. The zero-order valence-corrected chi connectivity index (χ0v) is 10.8. The van der Waals surface area contributed by atoms with Crippen LogP contribution in [0, 0.1) is 29.1 Å². The van der Waals surface area contributed by atoms with Gasteiger partial charge in [-0.3, -0.25) is 0 Å². The minimum Gasteiger partial charge on any atom is -0.550 e. The second-order valence-corrected chi connectivity index (χ2v) is 5.87. The van der Waals surface area contributed by atoms with Gasteiger partial charge in [-0.05, 0) is 26.2 Å². The lowest BCUT2D eigenvalue weighted by molar-refractivity contribution is -0.308. The second-order valence-electron chi connectivity index (χ2n) is 5.87. The Morgan fingerprint density at radius 1 is 1.29 bits per heavy atom. The van der Waals surface area contributed by atoms with Crippen LogP contribution in [0.5, 0.6) is 0 Å². The molecule has 0 saturated heterocycles. The van der Waals surface area contributed by atoms with E-state index in [4.69, 9.17) is 4.74 Å². The SMILES string of the molecule is CC(C)(C)OC(=O)C#CC1C(C(=O)[O-])C1(C)C. The van der Waals surface area contributed by atoms with Crippen molar-refractivity contribution >= 4 is 11.9 Å². The quantitative estimate of drug-likeness (QED) is 0.375. The molecule has 0 amide bonds. The third-order valence-corrected chi connectivity index (χ3v) is 2.81. The summed E-state index contributed by atoms with van der Waals surface area (Å²) >= 11 is 0. The van der Waals surface area contributed by atoms with E-state index in [0.717, 1.165) is 0 Å². The molecule has 0 aromatic rings. The number of hydrogen-bond donors (Lipinski definition) is 0. The monoisotopic (exact) mass is 237 g/mol. The molecule has 2 atom stereocenters. The molecule has 0 N–H and O–H groups in total. The van der Waals surface area contributed by atoms with Crippen molar-refractivity contribution in [3.05, 3.63) is 0 Å². The minimum absolute atomic E-state index is 0.333. The molecule has 94 valence electrons. The molecule has 1 saturated carbocycles. The molecule has 4 heteroatoms. The van der Waals surface area contributed by atoms with Crippen molar-refractivity contribution in [1.29, 1.82) is 0 Å². The lowest BCUT2D eigenvalue weighted by atomic mass is 10.1. The van der Waals surface area contributed by atoms with Gasteiger partial charge in [0.1, 0.15) is 5.60 Å². The first-order chi connectivity index (χ1) is 7.55. The van der Waals surface area contributed by atoms with Gasteiger partial charge < -0.3 is 14.6 Å². The van der Waals surface area contributed by atoms with Gasteiger partial charge in [-0.15, -0.1) is 0 Å². The minimum atomic E-state index is -1.11. The summed E-state index contributed by atoms with van der Waals surface area (Å²) in [4.78, 5) is 22.1. The normalized spacial score (nSPS) is 25.5. The Morgan fingerprint density at radius 2 is 1.82 bits per heavy atom. The van der Waals surface area contributed by atoms with E-state index < -0.39 is 28.9 Å². The summed E-state index contributed by atoms with van der Waals surface area (Å²) in [6.07, 6.45) is 0. The first kappa shape index (κ1) is 13.6. The summed E-state index contributed by atoms with van der Waals surface area (Å²) in [5.41, 5.74) is -1.01. The van der Waals surface area contributed by atoms with E-state index in [2.05, 4.69) is 11.8 Å². The fourth-order valence-corrected chi connectivity index (χ4v) is 1.79. The molecule has 0 radical (unpaired) electrons. The highest BCUT2D eigenvalue weighted by molar-refractivity contribution is 5.89. The molecule has 1 aliphatic carbocycles. The van der Waals surface area contributed by atoms with Crippen LogP contribution in [0.3, 0.4) is 0 Å². The fraction of sp³-hybridized carbons (Fsp3) is 0.692. The standard InChI is InChI=1S/C13H18O4/c1-12(2,3)17-9(14)7-6-8-10(11(15)16)13(8,4)5/h8,10H,1-5H3,(H,15,16)/p-1. The zero-order chi connectivity index (χ0) is 13.4. The van der Waals surface area contributed by atoms with Crippen LogP contribution >= 0.6 is 0 Å². The fourth-order valence-electron chi connectivity index (χ4n) is 1.79. The topological polar surface area (TPSA) is 66.4 Å². The number of esters is 1. The summed E-state index contributed by atoms with van der Waals surface area (Å²) in [5.74, 6) is 2.32. The predicted octanol–water partition coefficient (Wildman–Crippen LogP) is 0.354. The van der Waals surface area contributed by atoms with Crippen molar-refractivity contribution in [2.24, 2.45) is 17.3 Å². The molecule has 0 aromatic heterocycles. The number of rotatable bonds is 1. The molecule has 0 spiro atoms. The number of ether oxygens (including phenoxy) is 1. The molecule has 0 aromatic carbocycles. The van der Waals surface area contributed by atoms with E-state index in [1.807, 2.05) is 0 Å². The van der Waals surface area contributed by atoms with E-state index in [-0.39, 0.29) is 5.92 Å². The average molecular weight is 237 g/mol. The maximum atomic E-state index is 11.3. The highest BCUT2D eigenvalue weighted by atomic mass is 16.6. The number of carbonyl (C=O) groups excluding carboxylic acids is 2. The summed E-state index contributed by atoms with van der Waals surface area (Å²) in [6, 6.07) is 0. The van der Waals surface area contributed by atoms with Crippen LogP contribution < -0.4 is 5.11 Å². The van der Waals surface area contributed by atoms with E-state index in [1.54, 1.807) is 34.6 Å². The molecule has 0 bridgehead atoms. The van der Waals surface area contributed by atoms with Crippen LogP contribution in [-0.4, -0.2) is 17.5 Å². The lowest BCUT2D eigenvalue weighted by Crippen LogP contribution is -2.26. The molecule has 2 unspecified atom stereocenters. The summed E-state index contributed by atoms with van der Waals surface area (Å²) in [5, 5.41) is 10.8. The molecule has 0 heterocycles. The average Bonchev–Trinajstić information content (AvgIpc) is 2.61. The summed E-state index contributed by atoms with van der Waals surface area (Å²) < 4.78 is 5.00. The van der Waals surface area contributed by atoms with Gasteiger partial charge in [0.15, 0.2) is 0 Å². The van der Waals surface area contributed by atoms with E-state index in [0.29, 0.717) is 0 Å². The molecule has 1 fully saturated rings. The zero-order valence-electron chi connectivity index (χ0n) is 10.8. The van der Waals surface area contributed by atoms with Gasteiger partial charge in [0.2, 0.25) is 0 Å². The van der Waals surface area contributed by atoms with Gasteiger partial charge in [-0.25, -0.2) is 4.79 Å². The number of hydrogen-bond acceptors (Lipinski definition) is 4. The number of carboxylic acid groups (broad SMARTS) is 1. The van der Waals surface area contributed by atoms with Gasteiger partial charge in [-0.2, -0.15) is 0 Å². The van der Waals surface area contributed by atoms with Crippen molar-refractivity contribution < 1.29 is 19.4 Å². The smallest absolute Gasteiger partial charge is 0.384 e. The van der Waals surface area contributed by atoms with Crippen LogP contribution in [0.25, 0.3) is 0 Å². The van der Waals surface area contributed by atoms with Crippen molar-refractivity contribution in [3.8, 4) is 11.8 Å². The van der Waals surface area contributed by atoms with Gasteiger partial charge >= 0.3 is 5.97 Å². The summed E-state index contributed by atoms with van der Waals surface area (Å²) in [7, 11) is 0. The predicted molar refractivity (Wildman–Crippen MR) is 59.4 cm³/mol. The highest BCUT2D eigenvalue weighted by Gasteiger charge is 2.57. The Bertz CT molecular complexity index is 403. The molecule has 4 nitrogen and oxygen atoms in total. The Labute approximate surface area is 101 Å². The Balaban J connectivity index is 2.64. The largest absolute Gasteiger partial charge is 0.550 e. The van der Waals surface area contributed by atoms with Crippen LogP contribution in [0.15, 0.2) is 0 Å².